The molecule has 0 radical (unpaired) electrons. The van der Waals surface area contributed by atoms with Crippen LogP contribution in [0.2, 0.25) is 0 Å². The van der Waals surface area contributed by atoms with Crippen LogP contribution >= 0.6 is 0 Å². The van der Waals surface area contributed by atoms with E-state index in [4.69, 9.17) is 4.74 Å². The Kier molecular flexibility index (Phi) is 6.21. The summed E-state index contributed by atoms with van der Waals surface area (Å²) in [6.45, 7) is 2.09. The van der Waals surface area contributed by atoms with Crippen LogP contribution in [-0.2, 0) is 16.0 Å². The van der Waals surface area contributed by atoms with E-state index in [0.29, 0.717) is 6.42 Å². The first kappa shape index (κ1) is 16.0. The quantitative estimate of drug-likeness (QED) is 0.713. The number of hydrogen-bond acceptors (Lipinski definition) is 2. The van der Waals surface area contributed by atoms with Gasteiger partial charge < -0.3 is 4.74 Å². The highest BCUT2D eigenvalue weighted by atomic mass is 19.1. The molecule has 1 unspecified atom stereocenters. The Morgan fingerprint density at radius 2 is 1.90 bits per heavy atom. The monoisotopic (exact) mass is 292 g/mol. The molecule has 1 aromatic rings. The van der Waals surface area contributed by atoms with Gasteiger partial charge in [-0.15, -0.1) is 0 Å². The van der Waals surface area contributed by atoms with Crippen LogP contribution in [0.3, 0.4) is 0 Å². The lowest BCUT2D eigenvalue weighted by atomic mass is 9.89. The lowest BCUT2D eigenvalue weighted by Gasteiger charge is -2.24. The number of halogens is 1. The predicted octanol–water partition coefficient (Wildman–Crippen LogP) is 4.66. The van der Waals surface area contributed by atoms with Gasteiger partial charge in [0.2, 0.25) is 0 Å². The molecule has 21 heavy (non-hydrogen) atoms. The summed E-state index contributed by atoms with van der Waals surface area (Å²) in [5.74, 6) is -0.174. The first-order valence-electron chi connectivity index (χ1n) is 8.14. The highest BCUT2D eigenvalue weighted by molar-refractivity contribution is 5.72. The summed E-state index contributed by atoms with van der Waals surface area (Å²) in [5, 5.41) is 0. The molecule has 116 valence electrons. The van der Waals surface area contributed by atoms with Crippen LogP contribution in [0.4, 0.5) is 4.39 Å². The van der Waals surface area contributed by atoms with Gasteiger partial charge in [-0.3, -0.25) is 4.79 Å². The highest BCUT2D eigenvalue weighted by Crippen LogP contribution is 2.26. The molecular weight excluding hydrogens is 267 g/mol. The van der Waals surface area contributed by atoms with Gasteiger partial charge in [-0.1, -0.05) is 44.7 Å². The fourth-order valence-electron chi connectivity index (χ4n) is 3.01. The van der Waals surface area contributed by atoms with Crippen molar-refractivity contribution in [2.24, 2.45) is 5.92 Å². The van der Waals surface area contributed by atoms with E-state index in [1.54, 1.807) is 12.1 Å². The van der Waals surface area contributed by atoms with Crippen LogP contribution in [0.15, 0.2) is 24.3 Å². The Morgan fingerprint density at radius 1 is 1.24 bits per heavy atom. The molecule has 0 bridgehead atoms. The summed E-state index contributed by atoms with van der Waals surface area (Å²) in [4.78, 5) is 12.2. The van der Waals surface area contributed by atoms with Gasteiger partial charge in [0, 0.05) is 6.42 Å². The van der Waals surface area contributed by atoms with Crippen LogP contribution in [-0.4, -0.2) is 12.1 Å². The van der Waals surface area contributed by atoms with Gasteiger partial charge in [0.1, 0.15) is 11.9 Å². The van der Waals surface area contributed by atoms with Gasteiger partial charge in [-0.2, -0.15) is 0 Å². The number of ether oxygens (including phenoxy) is 1. The van der Waals surface area contributed by atoms with Gasteiger partial charge in [0.05, 0.1) is 5.92 Å². The first-order chi connectivity index (χ1) is 10.2. The zero-order valence-corrected chi connectivity index (χ0v) is 12.8. The van der Waals surface area contributed by atoms with Crippen LogP contribution in [0.5, 0.6) is 0 Å². The minimum atomic E-state index is -0.231. The fourth-order valence-corrected chi connectivity index (χ4v) is 3.01. The average Bonchev–Trinajstić information content (AvgIpc) is 2.50. The number of rotatable bonds is 6. The second-order valence-electron chi connectivity index (χ2n) is 6.01. The third kappa shape index (κ3) is 5.14. The SMILES string of the molecule is CCCC(Cc1ccc(F)cc1)OC(=O)C1CCCCC1. The third-order valence-electron chi connectivity index (χ3n) is 4.21. The molecule has 0 saturated heterocycles. The van der Waals surface area contributed by atoms with Gasteiger partial charge >= 0.3 is 5.97 Å². The summed E-state index contributed by atoms with van der Waals surface area (Å²) >= 11 is 0. The molecule has 1 fully saturated rings. The summed E-state index contributed by atoms with van der Waals surface area (Å²) in [6.07, 6.45) is 7.86. The lowest BCUT2D eigenvalue weighted by molar-refractivity contribution is -0.155. The van der Waals surface area contributed by atoms with Crippen molar-refractivity contribution in [3.8, 4) is 0 Å². The highest BCUT2D eigenvalue weighted by Gasteiger charge is 2.25. The Morgan fingerprint density at radius 3 is 2.52 bits per heavy atom. The van der Waals surface area contributed by atoms with E-state index in [1.807, 2.05) is 0 Å². The number of hydrogen-bond donors (Lipinski definition) is 0. The largest absolute Gasteiger partial charge is 0.462 e. The van der Waals surface area contributed by atoms with E-state index in [0.717, 1.165) is 44.1 Å². The zero-order chi connectivity index (χ0) is 15.1. The Labute approximate surface area is 126 Å². The predicted molar refractivity (Wildman–Crippen MR) is 81.5 cm³/mol. The average molecular weight is 292 g/mol. The standard InChI is InChI=1S/C18H25FO2/c1-2-6-17(13-14-9-11-16(19)12-10-14)21-18(20)15-7-4-3-5-8-15/h9-12,15,17H,2-8,13H2,1H3. The molecule has 0 heterocycles. The van der Waals surface area contributed by atoms with Crippen molar-refractivity contribution < 1.29 is 13.9 Å². The molecule has 0 aromatic heterocycles. The molecular formula is C18H25FO2. The van der Waals surface area contributed by atoms with Crippen molar-refractivity contribution in [2.75, 3.05) is 0 Å². The summed E-state index contributed by atoms with van der Waals surface area (Å²) < 4.78 is 18.7. The molecule has 0 N–H and O–H groups in total. The van der Waals surface area contributed by atoms with Crippen LogP contribution in [0.1, 0.15) is 57.4 Å². The molecule has 0 amide bonds. The second-order valence-corrected chi connectivity index (χ2v) is 6.01. The summed E-state index contributed by atoms with van der Waals surface area (Å²) in [5.41, 5.74) is 1.02. The smallest absolute Gasteiger partial charge is 0.309 e. The third-order valence-corrected chi connectivity index (χ3v) is 4.21. The minimum absolute atomic E-state index is 0.0322. The fraction of sp³-hybridized carbons (Fsp3) is 0.611. The van der Waals surface area contributed by atoms with Gasteiger partial charge in [-0.05, 0) is 37.0 Å². The van der Waals surface area contributed by atoms with Crippen molar-refractivity contribution >= 4 is 5.97 Å². The molecule has 3 heteroatoms. The molecule has 1 saturated carbocycles. The van der Waals surface area contributed by atoms with E-state index in [-0.39, 0.29) is 23.8 Å². The van der Waals surface area contributed by atoms with Crippen LogP contribution in [0, 0.1) is 11.7 Å². The van der Waals surface area contributed by atoms with Gasteiger partial charge in [0.15, 0.2) is 0 Å². The maximum atomic E-state index is 12.9. The number of esters is 1. The second kappa shape index (κ2) is 8.16. The number of benzene rings is 1. The first-order valence-corrected chi connectivity index (χ1v) is 8.14. The topological polar surface area (TPSA) is 26.3 Å². The van der Waals surface area contributed by atoms with E-state index in [2.05, 4.69) is 6.92 Å². The lowest BCUT2D eigenvalue weighted by Crippen LogP contribution is -2.27. The normalized spacial score (nSPS) is 17.4. The van der Waals surface area contributed by atoms with E-state index < -0.39 is 0 Å². The molecule has 2 nitrogen and oxygen atoms in total. The Balaban J connectivity index is 1.91. The summed E-state index contributed by atoms with van der Waals surface area (Å²) in [6, 6.07) is 6.46. The maximum Gasteiger partial charge on any atom is 0.309 e. The van der Waals surface area contributed by atoms with E-state index in [1.165, 1.54) is 18.6 Å². The van der Waals surface area contributed by atoms with Crippen molar-refractivity contribution in [2.45, 2.75) is 64.4 Å². The van der Waals surface area contributed by atoms with Gasteiger partial charge in [-0.25, -0.2) is 4.39 Å². The number of carbonyl (C=O) groups is 1. The molecule has 1 aliphatic rings. The van der Waals surface area contributed by atoms with Crippen molar-refractivity contribution in [1.29, 1.82) is 0 Å². The Bertz CT molecular complexity index is 435. The Hall–Kier alpha value is -1.38. The number of carbonyl (C=O) groups excluding carboxylic acids is 1. The molecule has 0 spiro atoms. The van der Waals surface area contributed by atoms with Gasteiger partial charge in [0.25, 0.3) is 0 Å². The molecule has 1 aliphatic carbocycles. The van der Waals surface area contributed by atoms with E-state index in [9.17, 15) is 9.18 Å². The van der Waals surface area contributed by atoms with Crippen molar-refractivity contribution in [3.63, 3.8) is 0 Å². The molecule has 0 aliphatic heterocycles. The maximum absolute atomic E-state index is 12.9. The minimum Gasteiger partial charge on any atom is -0.462 e. The van der Waals surface area contributed by atoms with Crippen LogP contribution < -0.4 is 0 Å². The van der Waals surface area contributed by atoms with E-state index >= 15 is 0 Å². The summed E-state index contributed by atoms with van der Waals surface area (Å²) in [7, 11) is 0. The molecule has 1 atom stereocenters. The zero-order valence-electron chi connectivity index (χ0n) is 12.8. The van der Waals surface area contributed by atoms with Crippen LogP contribution in [0.25, 0.3) is 0 Å². The van der Waals surface area contributed by atoms with Crippen molar-refractivity contribution in [3.05, 3.63) is 35.6 Å². The molecule has 1 aromatic carbocycles. The molecule has 2 rings (SSSR count). The van der Waals surface area contributed by atoms with Crippen molar-refractivity contribution in [1.82, 2.24) is 0 Å².